The topological polar surface area (TPSA) is 90.0 Å². The van der Waals surface area contributed by atoms with Crippen LogP contribution in [0.2, 0.25) is 0 Å². The van der Waals surface area contributed by atoms with Gasteiger partial charge < -0.3 is 5.73 Å². The van der Waals surface area contributed by atoms with Crippen LogP contribution < -0.4 is 10.5 Å². The number of nitrogens with two attached hydrogens (primary N) is 1. The molecule has 3 N–H and O–H groups in total. The number of nitrogens with zero attached hydrogens (tertiary/aromatic N) is 2. The summed E-state index contributed by atoms with van der Waals surface area (Å²) >= 11 is 1.86. The Morgan fingerprint density at radius 2 is 2.33 bits per heavy atom. The zero-order valence-electron chi connectivity index (χ0n) is 10.5. The quantitative estimate of drug-likeness (QED) is 0.834. The maximum absolute atomic E-state index is 12.2. The van der Waals surface area contributed by atoms with Gasteiger partial charge in [-0.2, -0.15) is 16.9 Å². The van der Waals surface area contributed by atoms with Crippen LogP contribution in [0.1, 0.15) is 12.1 Å². The Morgan fingerprint density at radius 1 is 1.61 bits per heavy atom. The minimum atomic E-state index is -3.56. The SMILES string of the molecule is Cc1c(S(=O)(=O)NCC2CCSC2)c(N)nn1C. The van der Waals surface area contributed by atoms with E-state index < -0.39 is 10.0 Å². The van der Waals surface area contributed by atoms with Gasteiger partial charge in [-0.15, -0.1) is 0 Å². The third-order valence-corrected chi connectivity index (χ3v) is 5.98. The summed E-state index contributed by atoms with van der Waals surface area (Å²) in [6.45, 7) is 2.17. The van der Waals surface area contributed by atoms with E-state index in [-0.39, 0.29) is 10.7 Å². The minimum absolute atomic E-state index is 0.0586. The van der Waals surface area contributed by atoms with Gasteiger partial charge >= 0.3 is 0 Å². The van der Waals surface area contributed by atoms with Crippen molar-refractivity contribution in [2.45, 2.75) is 18.2 Å². The molecular weight excluding hydrogens is 272 g/mol. The summed E-state index contributed by atoms with van der Waals surface area (Å²) in [5.41, 5.74) is 6.21. The van der Waals surface area contributed by atoms with Crippen LogP contribution in [0.15, 0.2) is 4.90 Å². The number of hydrogen-bond acceptors (Lipinski definition) is 5. The molecule has 1 fully saturated rings. The van der Waals surface area contributed by atoms with Crippen molar-refractivity contribution >= 4 is 27.6 Å². The third-order valence-electron chi connectivity index (χ3n) is 3.16. The van der Waals surface area contributed by atoms with E-state index in [4.69, 9.17) is 5.73 Å². The maximum Gasteiger partial charge on any atom is 0.246 e. The highest BCUT2D eigenvalue weighted by atomic mass is 32.2. The van der Waals surface area contributed by atoms with Crippen molar-refractivity contribution in [3.05, 3.63) is 5.69 Å². The Morgan fingerprint density at radius 3 is 2.83 bits per heavy atom. The predicted octanol–water partition coefficient (Wildman–Crippen LogP) is 0.342. The van der Waals surface area contributed by atoms with Crippen LogP contribution in [0.4, 0.5) is 5.82 Å². The van der Waals surface area contributed by atoms with Crippen LogP contribution >= 0.6 is 11.8 Å². The molecule has 102 valence electrons. The number of nitrogen functional groups attached to an aromatic ring is 1. The van der Waals surface area contributed by atoms with Crippen molar-refractivity contribution in [3.63, 3.8) is 0 Å². The first-order valence-electron chi connectivity index (χ1n) is 5.78. The van der Waals surface area contributed by atoms with Crippen molar-refractivity contribution in [1.82, 2.24) is 14.5 Å². The number of aromatic nitrogens is 2. The molecule has 1 aromatic rings. The second-order valence-corrected chi connectivity index (χ2v) is 7.36. The Hall–Kier alpha value is -0.730. The van der Waals surface area contributed by atoms with Crippen molar-refractivity contribution < 1.29 is 8.42 Å². The number of thioether (sulfide) groups is 1. The molecule has 0 aromatic carbocycles. The summed E-state index contributed by atoms with van der Waals surface area (Å²) in [6.07, 6.45) is 1.06. The fourth-order valence-corrected chi connectivity index (χ4v) is 4.71. The first-order valence-corrected chi connectivity index (χ1v) is 8.42. The van der Waals surface area contributed by atoms with Crippen LogP contribution in [0, 0.1) is 12.8 Å². The van der Waals surface area contributed by atoms with Gasteiger partial charge in [-0.25, -0.2) is 13.1 Å². The first kappa shape index (κ1) is 13.7. The van der Waals surface area contributed by atoms with Gasteiger partial charge in [0, 0.05) is 13.6 Å². The number of hydrogen-bond donors (Lipinski definition) is 2. The third kappa shape index (κ3) is 2.65. The van der Waals surface area contributed by atoms with E-state index in [0.29, 0.717) is 18.2 Å². The Labute approximate surface area is 111 Å². The standard InChI is InChI=1S/C10H18N4O2S2/c1-7-9(10(11)13-14(7)2)18(15,16)12-5-8-3-4-17-6-8/h8,12H,3-6H2,1-2H3,(H2,11,13). The van der Waals surface area contributed by atoms with E-state index in [1.165, 1.54) is 4.68 Å². The number of sulfonamides is 1. The first-order chi connectivity index (χ1) is 8.42. The molecule has 0 aliphatic carbocycles. The Kier molecular flexibility index (Phi) is 3.88. The molecule has 8 heteroatoms. The van der Waals surface area contributed by atoms with Gasteiger partial charge in [0.2, 0.25) is 10.0 Å². The summed E-state index contributed by atoms with van der Waals surface area (Å²) < 4.78 is 28.5. The minimum Gasteiger partial charge on any atom is -0.381 e. The molecule has 18 heavy (non-hydrogen) atoms. The molecule has 0 saturated carbocycles. The molecule has 2 rings (SSSR count). The normalized spacial score (nSPS) is 20.4. The van der Waals surface area contributed by atoms with Crippen LogP contribution in [-0.2, 0) is 17.1 Å². The zero-order valence-corrected chi connectivity index (χ0v) is 12.1. The molecule has 0 amide bonds. The largest absolute Gasteiger partial charge is 0.381 e. The van der Waals surface area contributed by atoms with E-state index in [1.807, 2.05) is 11.8 Å². The van der Waals surface area contributed by atoms with E-state index >= 15 is 0 Å². The van der Waals surface area contributed by atoms with E-state index in [0.717, 1.165) is 17.9 Å². The number of nitrogens with one attached hydrogen (secondary N) is 1. The van der Waals surface area contributed by atoms with Gasteiger partial charge in [-0.3, -0.25) is 4.68 Å². The number of anilines is 1. The molecule has 1 aromatic heterocycles. The van der Waals surface area contributed by atoms with Gasteiger partial charge in [-0.1, -0.05) is 0 Å². The summed E-state index contributed by atoms with van der Waals surface area (Å²) in [5, 5.41) is 3.93. The summed E-state index contributed by atoms with van der Waals surface area (Å²) in [7, 11) is -1.88. The average Bonchev–Trinajstić information content (AvgIpc) is 2.86. The van der Waals surface area contributed by atoms with E-state index in [2.05, 4.69) is 9.82 Å². The summed E-state index contributed by atoms with van der Waals surface area (Å²) in [4.78, 5) is 0.107. The molecule has 1 aliphatic rings. The molecule has 0 spiro atoms. The fourth-order valence-electron chi connectivity index (χ4n) is 1.99. The van der Waals surface area contributed by atoms with Gasteiger partial charge in [0.1, 0.15) is 4.90 Å². The molecule has 0 bridgehead atoms. The lowest BCUT2D eigenvalue weighted by molar-refractivity contribution is 0.545. The zero-order chi connectivity index (χ0) is 13.3. The summed E-state index contributed by atoms with van der Waals surface area (Å²) in [6, 6.07) is 0. The molecule has 2 heterocycles. The van der Waals surface area contributed by atoms with Crippen molar-refractivity contribution in [2.75, 3.05) is 23.8 Å². The molecule has 0 radical (unpaired) electrons. The lowest BCUT2D eigenvalue weighted by Crippen LogP contribution is -2.30. The van der Waals surface area contributed by atoms with Gasteiger partial charge in [-0.05, 0) is 30.8 Å². The van der Waals surface area contributed by atoms with Crippen LogP contribution in [-0.4, -0.2) is 36.2 Å². The highest BCUT2D eigenvalue weighted by Crippen LogP contribution is 2.24. The number of aryl methyl sites for hydroxylation is 1. The Bertz CT molecular complexity index is 532. The van der Waals surface area contributed by atoms with Crippen LogP contribution in [0.3, 0.4) is 0 Å². The second kappa shape index (κ2) is 5.10. The molecule has 6 nitrogen and oxygen atoms in total. The molecule has 1 atom stereocenters. The van der Waals surface area contributed by atoms with Crippen molar-refractivity contribution in [2.24, 2.45) is 13.0 Å². The highest BCUT2D eigenvalue weighted by Gasteiger charge is 2.26. The average molecular weight is 290 g/mol. The van der Waals surface area contributed by atoms with E-state index in [9.17, 15) is 8.42 Å². The van der Waals surface area contributed by atoms with Gasteiger partial charge in [0.25, 0.3) is 0 Å². The second-order valence-electron chi connectivity index (χ2n) is 4.50. The monoisotopic (exact) mass is 290 g/mol. The van der Waals surface area contributed by atoms with E-state index in [1.54, 1.807) is 14.0 Å². The van der Waals surface area contributed by atoms with Gasteiger partial charge in [0.05, 0.1) is 5.69 Å². The smallest absolute Gasteiger partial charge is 0.246 e. The maximum atomic E-state index is 12.2. The van der Waals surface area contributed by atoms with Crippen LogP contribution in [0.5, 0.6) is 0 Å². The fraction of sp³-hybridized carbons (Fsp3) is 0.700. The highest BCUT2D eigenvalue weighted by molar-refractivity contribution is 7.99. The van der Waals surface area contributed by atoms with Crippen molar-refractivity contribution in [1.29, 1.82) is 0 Å². The molecular formula is C10H18N4O2S2. The van der Waals surface area contributed by atoms with Gasteiger partial charge in [0.15, 0.2) is 5.82 Å². The predicted molar refractivity (Wildman–Crippen MR) is 73.0 cm³/mol. The molecule has 1 unspecified atom stereocenters. The lowest BCUT2D eigenvalue weighted by Gasteiger charge is -2.10. The molecule has 1 saturated heterocycles. The molecule has 1 aliphatic heterocycles. The number of rotatable bonds is 4. The lowest BCUT2D eigenvalue weighted by atomic mass is 10.1. The van der Waals surface area contributed by atoms with Crippen molar-refractivity contribution in [3.8, 4) is 0 Å². The van der Waals surface area contributed by atoms with Crippen LogP contribution in [0.25, 0.3) is 0 Å². The Balaban J connectivity index is 2.14. The summed E-state index contributed by atoms with van der Waals surface area (Å²) in [5.74, 6) is 2.61.